The van der Waals surface area contributed by atoms with Gasteiger partial charge in [0.1, 0.15) is 4.99 Å². The molecule has 1 aromatic heterocycles. The van der Waals surface area contributed by atoms with Crippen LogP contribution in [-0.2, 0) is 0 Å². The van der Waals surface area contributed by atoms with E-state index >= 15 is 0 Å². The Morgan fingerprint density at radius 2 is 2.40 bits per heavy atom. The summed E-state index contributed by atoms with van der Waals surface area (Å²) >= 11 is 6.74. The molecule has 1 rings (SSSR count). The lowest BCUT2D eigenvalue weighted by Gasteiger charge is -1.98. The molecule has 54 valence electrons. The Bertz CT molecular complexity index is 240. The zero-order valence-electron chi connectivity index (χ0n) is 5.97. The van der Waals surface area contributed by atoms with Crippen molar-refractivity contribution in [3.05, 3.63) is 21.9 Å². The lowest BCUT2D eigenvalue weighted by Crippen LogP contribution is -2.15. The maximum Gasteiger partial charge on any atom is 0.116 e. The third-order valence-corrected chi connectivity index (χ3v) is 2.87. The first kappa shape index (κ1) is 7.69. The van der Waals surface area contributed by atoms with Crippen molar-refractivity contribution in [3.8, 4) is 0 Å². The highest BCUT2D eigenvalue weighted by Crippen LogP contribution is 2.15. The van der Waals surface area contributed by atoms with Gasteiger partial charge in [-0.3, -0.25) is 0 Å². The van der Waals surface area contributed by atoms with Crippen molar-refractivity contribution < 1.29 is 0 Å². The molecular weight excluding hydrogens is 162 g/mol. The van der Waals surface area contributed by atoms with Crippen LogP contribution in [0.15, 0.2) is 11.4 Å². The van der Waals surface area contributed by atoms with Crippen molar-refractivity contribution >= 4 is 28.5 Å². The molecule has 0 saturated heterocycles. The molecule has 0 spiro atoms. The maximum atomic E-state index is 5.06. The van der Waals surface area contributed by atoms with E-state index in [2.05, 4.69) is 18.3 Å². The highest BCUT2D eigenvalue weighted by molar-refractivity contribution is 7.81. The molecule has 0 atom stereocenters. The second kappa shape index (κ2) is 3.12. The smallest absolute Gasteiger partial charge is 0.116 e. The SMILES string of the molecule is CNC(=S)c1sccc1C. The van der Waals surface area contributed by atoms with Gasteiger partial charge in [-0.05, 0) is 23.9 Å². The molecular formula is C7H9NS2. The summed E-state index contributed by atoms with van der Waals surface area (Å²) in [6.45, 7) is 2.06. The van der Waals surface area contributed by atoms with E-state index in [1.165, 1.54) is 10.4 Å². The zero-order valence-corrected chi connectivity index (χ0v) is 7.60. The summed E-state index contributed by atoms with van der Waals surface area (Å²) < 4.78 is 0. The van der Waals surface area contributed by atoms with Gasteiger partial charge in [-0.25, -0.2) is 0 Å². The van der Waals surface area contributed by atoms with E-state index in [0.717, 1.165) is 4.99 Å². The molecule has 0 saturated carbocycles. The Morgan fingerprint density at radius 1 is 1.70 bits per heavy atom. The summed E-state index contributed by atoms with van der Waals surface area (Å²) in [6.07, 6.45) is 0. The molecule has 0 aliphatic heterocycles. The van der Waals surface area contributed by atoms with Gasteiger partial charge in [0.05, 0.1) is 4.88 Å². The topological polar surface area (TPSA) is 12.0 Å². The number of nitrogens with one attached hydrogen (secondary N) is 1. The van der Waals surface area contributed by atoms with Crippen molar-refractivity contribution in [2.75, 3.05) is 7.05 Å². The molecule has 0 bridgehead atoms. The van der Waals surface area contributed by atoms with E-state index in [1.54, 1.807) is 11.3 Å². The van der Waals surface area contributed by atoms with Crippen molar-refractivity contribution in [3.63, 3.8) is 0 Å². The fourth-order valence-corrected chi connectivity index (χ4v) is 1.90. The van der Waals surface area contributed by atoms with Crippen LogP contribution < -0.4 is 5.32 Å². The summed E-state index contributed by atoms with van der Waals surface area (Å²) in [5.41, 5.74) is 1.25. The molecule has 1 heterocycles. The van der Waals surface area contributed by atoms with Gasteiger partial charge in [-0.15, -0.1) is 11.3 Å². The summed E-state index contributed by atoms with van der Waals surface area (Å²) in [5.74, 6) is 0. The number of hydrogen-bond acceptors (Lipinski definition) is 2. The van der Waals surface area contributed by atoms with Crippen molar-refractivity contribution in [1.82, 2.24) is 5.32 Å². The Morgan fingerprint density at radius 3 is 2.80 bits per heavy atom. The van der Waals surface area contributed by atoms with Gasteiger partial charge < -0.3 is 5.32 Å². The second-order valence-corrected chi connectivity index (χ2v) is 3.34. The molecule has 1 aromatic rings. The predicted octanol–water partition coefficient (Wildman–Crippen LogP) is 1.95. The number of hydrogen-bond donors (Lipinski definition) is 1. The highest BCUT2D eigenvalue weighted by Gasteiger charge is 2.02. The van der Waals surface area contributed by atoms with Crippen LogP contribution in [0.3, 0.4) is 0 Å². The Kier molecular flexibility index (Phi) is 2.40. The summed E-state index contributed by atoms with van der Waals surface area (Å²) in [5, 5.41) is 5.00. The van der Waals surface area contributed by atoms with Crippen LogP contribution in [0.5, 0.6) is 0 Å². The fourth-order valence-electron chi connectivity index (χ4n) is 0.719. The Hall–Kier alpha value is -0.410. The van der Waals surface area contributed by atoms with Crippen molar-refractivity contribution in [2.24, 2.45) is 0 Å². The third-order valence-electron chi connectivity index (χ3n) is 1.30. The average Bonchev–Trinajstić information content (AvgIpc) is 2.34. The Balaban J connectivity index is 2.93. The summed E-state index contributed by atoms with van der Waals surface area (Å²) in [6, 6.07) is 2.07. The van der Waals surface area contributed by atoms with Crippen LogP contribution in [-0.4, -0.2) is 12.0 Å². The van der Waals surface area contributed by atoms with Gasteiger partial charge in [-0.2, -0.15) is 0 Å². The third kappa shape index (κ3) is 1.36. The Labute approximate surface area is 70.1 Å². The van der Waals surface area contributed by atoms with Crippen LogP contribution in [0, 0.1) is 6.92 Å². The average molecular weight is 171 g/mol. The van der Waals surface area contributed by atoms with E-state index in [4.69, 9.17) is 12.2 Å². The van der Waals surface area contributed by atoms with Crippen LogP contribution >= 0.6 is 23.6 Å². The molecule has 1 nitrogen and oxygen atoms in total. The largest absolute Gasteiger partial charge is 0.378 e. The van der Waals surface area contributed by atoms with Crippen molar-refractivity contribution in [2.45, 2.75) is 6.92 Å². The van der Waals surface area contributed by atoms with E-state index in [0.29, 0.717) is 0 Å². The van der Waals surface area contributed by atoms with Crippen LogP contribution in [0.4, 0.5) is 0 Å². The summed E-state index contributed by atoms with van der Waals surface area (Å²) in [4.78, 5) is 2.02. The molecule has 10 heavy (non-hydrogen) atoms. The first-order valence-corrected chi connectivity index (χ1v) is 4.30. The minimum atomic E-state index is 0.840. The summed E-state index contributed by atoms with van der Waals surface area (Å²) in [7, 11) is 1.85. The van der Waals surface area contributed by atoms with Crippen LogP contribution in [0.25, 0.3) is 0 Å². The molecule has 0 aliphatic rings. The van der Waals surface area contributed by atoms with Gasteiger partial charge >= 0.3 is 0 Å². The van der Waals surface area contributed by atoms with Gasteiger partial charge in [0.15, 0.2) is 0 Å². The van der Waals surface area contributed by atoms with Crippen molar-refractivity contribution in [1.29, 1.82) is 0 Å². The number of rotatable bonds is 1. The normalized spacial score (nSPS) is 9.40. The zero-order chi connectivity index (χ0) is 7.56. The molecule has 0 amide bonds. The maximum absolute atomic E-state index is 5.06. The van der Waals surface area contributed by atoms with Gasteiger partial charge in [0.2, 0.25) is 0 Å². The molecule has 0 unspecified atom stereocenters. The minimum Gasteiger partial charge on any atom is -0.378 e. The molecule has 0 aromatic carbocycles. The van der Waals surface area contributed by atoms with Crippen LogP contribution in [0.1, 0.15) is 10.4 Å². The number of thiophene rings is 1. The standard InChI is InChI=1S/C7H9NS2/c1-5-3-4-10-6(5)7(9)8-2/h3-4H,1-2H3,(H,8,9). The van der Waals surface area contributed by atoms with Gasteiger partial charge in [0.25, 0.3) is 0 Å². The number of aryl methyl sites for hydroxylation is 1. The quantitative estimate of drug-likeness (QED) is 0.648. The lowest BCUT2D eigenvalue weighted by atomic mass is 10.3. The minimum absolute atomic E-state index is 0.840. The first-order valence-electron chi connectivity index (χ1n) is 3.02. The molecule has 0 radical (unpaired) electrons. The predicted molar refractivity (Wildman–Crippen MR) is 49.8 cm³/mol. The van der Waals surface area contributed by atoms with Crippen LogP contribution in [0.2, 0.25) is 0 Å². The molecule has 0 fully saturated rings. The number of thiocarbonyl (C=S) groups is 1. The monoisotopic (exact) mass is 171 g/mol. The highest BCUT2D eigenvalue weighted by atomic mass is 32.1. The van der Waals surface area contributed by atoms with E-state index < -0.39 is 0 Å². The molecule has 3 heteroatoms. The van der Waals surface area contributed by atoms with Gasteiger partial charge in [0, 0.05) is 7.05 Å². The second-order valence-electron chi connectivity index (χ2n) is 2.01. The molecule has 0 aliphatic carbocycles. The van der Waals surface area contributed by atoms with E-state index in [1.807, 2.05) is 12.4 Å². The fraction of sp³-hybridized carbons (Fsp3) is 0.286. The van der Waals surface area contributed by atoms with E-state index in [9.17, 15) is 0 Å². The first-order chi connectivity index (χ1) is 4.75. The molecule has 1 N–H and O–H groups in total. The van der Waals surface area contributed by atoms with E-state index in [-0.39, 0.29) is 0 Å². The van der Waals surface area contributed by atoms with Gasteiger partial charge in [-0.1, -0.05) is 12.2 Å². The lowest BCUT2D eigenvalue weighted by molar-refractivity contribution is 1.21.